The van der Waals surface area contributed by atoms with Crippen molar-refractivity contribution in [2.75, 3.05) is 11.9 Å². The molecule has 1 aromatic rings. The predicted molar refractivity (Wildman–Crippen MR) is 59.4 cm³/mol. The van der Waals surface area contributed by atoms with E-state index in [0.717, 1.165) is 10.0 Å². The van der Waals surface area contributed by atoms with Crippen LogP contribution in [0.3, 0.4) is 0 Å². The molecule has 0 aliphatic heterocycles. The molecule has 1 rings (SSSR count). The molecule has 0 bridgehead atoms. The zero-order valence-corrected chi connectivity index (χ0v) is 9.68. The molecule has 0 unspecified atom stereocenters. The number of anilines is 1. The summed E-state index contributed by atoms with van der Waals surface area (Å²) >= 11 is 3.36. The highest BCUT2D eigenvalue weighted by molar-refractivity contribution is 9.10. The summed E-state index contributed by atoms with van der Waals surface area (Å²) in [4.78, 5) is 15.2. The molecule has 0 radical (unpaired) electrons. The van der Waals surface area contributed by atoms with Crippen molar-refractivity contribution in [1.82, 2.24) is 10.3 Å². The average Bonchev–Trinajstić information content (AvgIpc) is 2.12. The van der Waals surface area contributed by atoms with Crippen LogP contribution in [-0.2, 0) is 0 Å². The molecule has 5 heteroatoms. The first kappa shape index (κ1) is 11.0. The molecule has 0 aromatic carbocycles. The van der Waals surface area contributed by atoms with Crippen LogP contribution in [0.5, 0.6) is 0 Å². The SMILES string of the molecule is CCNC(=O)Nc1cc(Br)c(C)cn1. The summed E-state index contributed by atoms with van der Waals surface area (Å²) in [6.07, 6.45) is 1.70. The van der Waals surface area contributed by atoms with E-state index in [4.69, 9.17) is 0 Å². The number of amides is 2. The summed E-state index contributed by atoms with van der Waals surface area (Å²) in [6, 6.07) is 1.53. The molecule has 0 aliphatic carbocycles. The lowest BCUT2D eigenvalue weighted by atomic mass is 10.3. The normalized spacial score (nSPS) is 9.64. The van der Waals surface area contributed by atoms with Gasteiger partial charge in [-0.25, -0.2) is 9.78 Å². The maximum absolute atomic E-state index is 11.1. The van der Waals surface area contributed by atoms with E-state index in [2.05, 4.69) is 31.5 Å². The summed E-state index contributed by atoms with van der Waals surface area (Å²) in [5.74, 6) is 0.536. The lowest BCUT2D eigenvalue weighted by molar-refractivity contribution is 0.252. The maximum atomic E-state index is 11.1. The van der Waals surface area contributed by atoms with Crippen molar-refractivity contribution in [1.29, 1.82) is 0 Å². The van der Waals surface area contributed by atoms with E-state index in [1.165, 1.54) is 0 Å². The molecule has 0 fully saturated rings. The smallest absolute Gasteiger partial charge is 0.320 e. The molecule has 0 spiro atoms. The predicted octanol–water partition coefficient (Wildman–Crippen LogP) is 2.29. The fraction of sp³-hybridized carbons (Fsp3) is 0.333. The van der Waals surface area contributed by atoms with Gasteiger partial charge in [0.05, 0.1) is 0 Å². The number of carbonyl (C=O) groups excluding carboxylic acids is 1. The summed E-state index contributed by atoms with van der Waals surface area (Å²) in [6.45, 7) is 4.39. The minimum Gasteiger partial charge on any atom is -0.338 e. The number of rotatable bonds is 2. The largest absolute Gasteiger partial charge is 0.338 e. The standard InChI is InChI=1S/C9H12BrN3O/c1-3-11-9(14)13-8-4-7(10)6(2)5-12-8/h4-5H,3H2,1-2H3,(H2,11,12,13,14). The Morgan fingerprint density at radius 2 is 2.36 bits per heavy atom. The number of carbonyl (C=O) groups is 1. The third-order valence-corrected chi connectivity index (χ3v) is 2.47. The number of aryl methyl sites for hydroxylation is 1. The van der Waals surface area contributed by atoms with Crippen LogP contribution in [0.25, 0.3) is 0 Å². The third-order valence-electron chi connectivity index (χ3n) is 1.62. The summed E-state index contributed by atoms with van der Waals surface area (Å²) in [7, 11) is 0. The number of nitrogens with zero attached hydrogens (tertiary/aromatic N) is 1. The van der Waals surface area contributed by atoms with Gasteiger partial charge in [-0.3, -0.25) is 5.32 Å². The van der Waals surface area contributed by atoms with Gasteiger partial charge >= 0.3 is 6.03 Å². The quantitative estimate of drug-likeness (QED) is 0.855. The van der Waals surface area contributed by atoms with Crippen molar-refractivity contribution in [3.05, 3.63) is 22.3 Å². The maximum Gasteiger partial charge on any atom is 0.320 e. The summed E-state index contributed by atoms with van der Waals surface area (Å²) in [5.41, 5.74) is 1.03. The number of pyridine rings is 1. The molecule has 0 aliphatic rings. The average molecular weight is 258 g/mol. The highest BCUT2D eigenvalue weighted by Gasteiger charge is 2.02. The first-order valence-corrected chi connectivity index (χ1v) is 5.09. The van der Waals surface area contributed by atoms with Crippen molar-refractivity contribution >= 4 is 27.8 Å². The van der Waals surface area contributed by atoms with Crippen LogP contribution in [-0.4, -0.2) is 17.6 Å². The molecular weight excluding hydrogens is 246 g/mol. The highest BCUT2D eigenvalue weighted by atomic mass is 79.9. The van der Waals surface area contributed by atoms with Crippen LogP contribution in [0.4, 0.5) is 10.6 Å². The van der Waals surface area contributed by atoms with Crippen molar-refractivity contribution in [2.45, 2.75) is 13.8 Å². The molecule has 4 nitrogen and oxygen atoms in total. The lowest BCUT2D eigenvalue weighted by Gasteiger charge is -2.05. The van der Waals surface area contributed by atoms with Crippen LogP contribution < -0.4 is 10.6 Å². The molecule has 0 saturated carbocycles. The minimum atomic E-state index is -0.240. The molecular formula is C9H12BrN3O. The Balaban J connectivity index is 2.68. The van der Waals surface area contributed by atoms with Crippen LogP contribution in [0, 0.1) is 6.92 Å². The number of halogens is 1. The lowest BCUT2D eigenvalue weighted by Crippen LogP contribution is -2.28. The second kappa shape index (κ2) is 4.95. The van der Waals surface area contributed by atoms with Gasteiger partial charge in [0.2, 0.25) is 0 Å². The minimum absolute atomic E-state index is 0.240. The summed E-state index contributed by atoms with van der Waals surface area (Å²) in [5, 5.41) is 5.24. The van der Waals surface area contributed by atoms with Crippen LogP contribution in [0.1, 0.15) is 12.5 Å². The Bertz CT molecular complexity index is 341. The molecule has 2 amide bonds. The van der Waals surface area contributed by atoms with E-state index in [1.54, 1.807) is 12.3 Å². The zero-order valence-electron chi connectivity index (χ0n) is 8.10. The Labute approximate surface area is 91.2 Å². The van der Waals surface area contributed by atoms with Crippen LogP contribution >= 0.6 is 15.9 Å². The van der Waals surface area contributed by atoms with Crippen molar-refractivity contribution in [3.8, 4) is 0 Å². The first-order valence-electron chi connectivity index (χ1n) is 4.30. The van der Waals surface area contributed by atoms with Crippen molar-refractivity contribution in [3.63, 3.8) is 0 Å². The number of nitrogens with one attached hydrogen (secondary N) is 2. The fourth-order valence-corrected chi connectivity index (χ4v) is 1.21. The molecule has 0 atom stereocenters. The molecule has 14 heavy (non-hydrogen) atoms. The Morgan fingerprint density at radius 1 is 1.64 bits per heavy atom. The van der Waals surface area contributed by atoms with Gasteiger partial charge < -0.3 is 5.32 Å². The third kappa shape index (κ3) is 2.99. The van der Waals surface area contributed by atoms with E-state index in [9.17, 15) is 4.79 Å². The van der Waals surface area contributed by atoms with Crippen LogP contribution in [0.15, 0.2) is 16.7 Å². The van der Waals surface area contributed by atoms with Gasteiger partial charge in [0.1, 0.15) is 5.82 Å². The molecule has 1 heterocycles. The van der Waals surface area contributed by atoms with Gasteiger partial charge in [-0.1, -0.05) is 15.9 Å². The van der Waals surface area contributed by atoms with Gasteiger partial charge in [-0.2, -0.15) is 0 Å². The van der Waals surface area contributed by atoms with E-state index < -0.39 is 0 Å². The van der Waals surface area contributed by atoms with Gasteiger partial charge in [-0.15, -0.1) is 0 Å². The van der Waals surface area contributed by atoms with E-state index >= 15 is 0 Å². The fourth-order valence-electron chi connectivity index (χ4n) is 0.889. The van der Waals surface area contributed by atoms with Crippen molar-refractivity contribution < 1.29 is 4.79 Å². The second-order valence-corrected chi connectivity index (χ2v) is 3.66. The van der Waals surface area contributed by atoms with E-state index in [-0.39, 0.29) is 6.03 Å². The topological polar surface area (TPSA) is 54.0 Å². The second-order valence-electron chi connectivity index (χ2n) is 2.80. The summed E-state index contributed by atoms with van der Waals surface area (Å²) < 4.78 is 0.930. The highest BCUT2D eigenvalue weighted by Crippen LogP contribution is 2.17. The molecule has 76 valence electrons. The monoisotopic (exact) mass is 257 g/mol. The number of aromatic nitrogens is 1. The Morgan fingerprint density at radius 3 is 2.93 bits per heavy atom. The zero-order chi connectivity index (χ0) is 10.6. The number of urea groups is 1. The van der Waals surface area contributed by atoms with Gasteiger partial charge in [0.25, 0.3) is 0 Å². The van der Waals surface area contributed by atoms with Gasteiger partial charge in [0, 0.05) is 17.2 Å². The Kier molecular flexibility index (Phi) is 3.88. The first-order chi connectivity index (χ1) is 6.63. The molecule has 0 saturated heterocycles. The van der Waals surface area contributed by atoms with Crippen LogP contribution in [0.2, 0.25) is 0 Å². The van der Waals surface area contributed by atoms with Gasteiger partial charge in [-0.05, 0) is 25.5 Å². The number of hydrogen-bond donors (Lipinski definition) is 2. The van der Waals surface area contributed by atoms with Crippen molar-refractivity contribution in [2.24, 2.45) is 0 Å². The molecule has 1 aromatic heterocycles. The van der Waals surface area contributed by atoms with E-state index in [1.807, 2.05) is 13.8 Å². The number of hydrogen-bond acceptors (Lipinski definition) is 2. The molecule has 2 N–H and O–H groups in total. The van der Waals surface area contributed by atoms with Gasteiger partial charge in [0.15, 0.2) is 0 Å². The Hall–Kier alpha value is -1.10. The van der Waals surface area contributed by atoms with E-state index in [0.29, 0.717) is 12.4 Å².